The molecule has 0 saturated heterocycles. The molecule has 15 aromatic rings. The van der Waals surface area contributed by atoms with Gasteiger partial charge in [0.15, 0.2) is 5.82 Å². The second kappa shape index (κ2) is 41.2. The van der Waals surface area contributed by atoms with Crippen LogP contribution < -0.4 is 4.74 Å². The minimum Gasteiger partial charge on any atom is -0.490 e. The summed E-state index contributed by atoms with van der Waals surface area (Å²) in [6.07, 6.45) is 10.4. The van der Waals surface area contributed by atoms with E-state index in [-0.39, 0.29) is 0 Å². The minimum atomic E-state index is 0.367. The Hall–Kier alpha value is -10.9. The fourth-order valence-electron chi connectivity index (χ4n) is 9.86. The molecular weight excluding hydrogens is 1320 g/mol. The van der Waals surface area contributed by atoms with Crippen molar-refractivity contribution < 1.29 is 4.74 Å². The van der Waals surface area contributed by atoms with Gasteiger partial charge in [-0.3, -0.25) is 0 Å². The van der Waals surface area contributed by atoms with E-state index >= 15 is 0 Å². The van der Waals surface area contributed by atoms with Crippen molar-refractivity contribution in [3.63, 3.8) is 0 Å². The van der Waals surface area contributed by atoms with Crippen LogP contribution in [0.2, 0.25) is 0 Å². The molecule has 1 unspecified atom stereocenters. The third kappa shape index (κ3) is 28.8. The molecule has 1 aliphatic heterocycles. The summed E-state index contributed by atoms with van der Waals surface area (Å²) in [6.45, 7) is 38.5. The molecule has 7 heterocycles. The van der Waals surface area contributed by atoms with Crippen LogP contribution >= 0.6 is 22.7 Å². The molecule has 0 aliphatic carbocycles. The number of hydrogen-bond acceptors (Lipinski definition) is 14. The lowest BCUT2D eigenvalue weighted by Gasteiger charge is -2.02. The van der Waals surface area contributed by atoms with E-state index < -0.39 is 0 Å². The molecule has 1 atom stereocenters. The Morgan fingerprint density at radius 3 is 1.14 bits per heavy atom. The summed E-state index contributed by atoms with van der Waals surface area (Å²) in [5, 5.41) is 20.1. The van der Waals surface area contributed by atoms with E-state index in [9.17, 15) is 0 Å². The van der Waals surface area contributed by atoms with Crippen molar-refractivity contribution in [2.24, 2.45) is 0 Å². The molecule has 0 spiro atoms. The van der Waals surface area contributed by atoms with Gasteiger partial charge in [0.2, 0.25) is 0 Å². The third-order valence-corrected chi connectivity index (χ3v) is 17.5. The number of thiazole rings is 2. The summed E-state index contributed by atoms with van der Waals surface area (Å²) < 4.78 is 8.12. The minimum absolute atomic E-state index is 0.367. The van der Waals surface area contributed by atoms with Crippen LogP contribution in [0.4, 0.5) is 0 Å². The van der Waals surface area contributed by atoms with Gasteiger partial charge in [0, 0.05) is 36.8 Å². The highest BCUT2D eigenvalue weighted by atomic mass is 32.1. The highest BCUT2D eigenvalue weighted by Gasteiger charge is 2.18. The monoisotopic (exact) mass is 1410 g/mol. The summed E-state index contributed by atoms with van der Waals surface area (Å²) in [6, 6.07) is 71.9. The van der Waals surface area contributed by atoms with Crippen molar-refractivity contribution in [3.8, 4) is 28.3 Å². The van der Waals surface area contributed by atoms with Crippen LogP contribution in [0.15, 0.2) is 237 Å². The number of ether oxygens (including phenoxy) is 1. The number of nitrogens with zero attached hydrogens (tertiary/aromatic N) is 11. The average Bonchev–Trinajstić information content (AvgIpc) is 1.58. The number of rotatable bonds is 2. The van der Waals surface area contributed by atoms with Crippen molar-refractivity contribution in [3.05, 3.63) is 343 Å². The van der Waals surface area contributed by atoms with Crippen LogP contribution in [-0.4, -0.2) is 61.4 Å². The van der Waals surface area contributed by atoms with E-state index in [4.69, 9.17) is 4.74 Å². The van der Waals surface area contributed by atoms with E-state index in [1.54, 1.807) is 28.9 Å². The Bertz CT molecular complexity index is 4520. The van der Waals surface area contributed by atoms with E-state index in [1.165, 1.54) is 86.9 Å². The predicted molar refractivity (Wildman–Crippen MR) is 438 cm³/mol. The molecule has 9 aromatic carbocycles. The van der Waals surface area contributed by atoms with Gasteiger partial charge in [0.05, 0.1) is 53.7 Å². The molecule has 104 heavy (non-hydrogen) atoms. The number of aryl methyl sites for hydroxylation is 18. The van der Waals surface area contributed by atoms with Gasteiger partial charge in [-0.15, -0.1) is 27.8 Å². The number of aromatic nitrogens is 11. The summed E-state index contributed by atoms with van der Waals surface area (Å²) in [4.78, 5) is 29.1. The Balaban J connectivity index is 0.000000163. The number of hydrogen-bond donors (Lipinski definition) is 0. The first kappa shape index (κ1) is 80.4. The summed E-state index contributed by atoms with van der Waals surface area (Å²) in [5.41, 5.74) is 24.0. The lowest BCUT2D eigenvalue weighted by molar-refractivity contribution is 0.254. The second-order valence-corrected chi connectivity index (χ2v) is 28.6. The molecule has 0 amide bonds. The molecule has 1 aliphatic rings. The van der Waals surface area contributed by atoms with Crippen molar-refractivity contribution >= 4 is 53.9 Å². The summed E-state index contributed by atoms with van der Waals surface area (Å²) in [7, 11) is 0. The fourth-order valence-corrected chi connectivity index (χ4v) is 11.5. The molecule has 12 nitrogen and oxygen atoms in total. The van der Waals surface area contributed by atoms with Gasteiger partial charge in [-0.1, -0.05) is 208 Å². The molecule has 532 valence electrons. The topological polar surface area (TPSA) is 151 Å². The molecule has 16 rings (SSSR count). The molecule has 0 radical (unpaired) electrons. The van der Waals surface area contributed by atoms with Gasteiger partial charge in [-0.05, 0) is 218 Å². The van der Waals surface area contributed by atoms with Crippen LogP contribution in [0.5, 0.6) is 5.75 Å². The van der Waals surface area contributed by atoms with Crippen molar-refractivity contribution in [2.45, 2.75) is 144 Å². The normalized spacial score (nSPS) is 11.2. The van der Waals surface area contributed by atoms with Gasteiger partial charge >= 0.3 is 0 Å². The SMILES string of the molecule is Cc1ccc(-c2ccc(C)cc2)cc1.Cc1ccc(-c2ncc(C)cn2)cc1.Cc1ccc(C)cc1.Cc1ccc(C)nn1.Cc1ccc2c(c1)CC(C)O2.Cc1ccc2cc(C)ccc2c1.Cc1ccc2sc(C)nc2c1.Cc1cnc(C)nc1.Cc1cnc(C)nn1.Cc1nc2ccccc2s1. The predicted octanol–water partition coefficient (Wildman–Crippen LogP) is 23.0. The zero-order valence-corrected chi connectivity index (χ0v) is 65.6. The molecule has 0 bridgehead atoms. The Labute approximate surface area is 625 Å². The van der Waals surface area contributed by atoms with Gasteiger partial charge in [0.25, 0.3) is 0 Å². The maximum Gasteiger partial charge on any atom is 0.159 e. The van der Waals surface area contributed by atoms with Crippen molar-refractivity contribution in [2.75, 3.05) is 0 Å². The first-order valence-electron chi connectivity index (χ1n) is 34.9. The Morgan fingerprint density at radius 1 is 0.308 bits per heavy atom. The number of benzene rings is 9. The van der Waals surface area contributed by atoms with Gasteiger partial charge < -0.3 is 4.74 Å². The highest BCUT2D eigenvalue weighted by Crippen LogP contribution is 2.29. The van der Waals surface area contributed by atoms with Gasteiger partial charge in [-0.2, -0.15) is 15.3 Å². The van der Waals surface area contributed by atoms with E-state index in [1.807, 2.05) is 130 Å². The van der Waals surface area contributed by atoms with Gasteiger partial charge in [-0.25, -0.2) is 34.9 Å². The maximum atomic E-state index is 5.56. The Kier molecular flexibility index (Phi) is 31.9. The second-order valence-electron chi connectivity index (χ2n) is 26.1. The van der Waals surface area contributed by atoms with Crippen molar-refractivity contribution in [1.82, 2.24) is 55.3 Å². The highest BCUT2D eigenvalue weighted by molar-refractivity contribution is 7.18. The number of fused-ring (bicyclic) bond motifs is 4. The third-order valence-electron chi connectivity index (χ3n) is 15.6. The first-order chi connectivity index (χ1) is 49.8. The molecular formula is C90H99N11OS2. The quantitative estimate of drug-likeness (QED) is 0.162. The maximum absolute atomic E-state index is 5.56. The van der Waals surface area contributed by atoms with Crippen LogP contribution in [0.3, 0.4) is 0 Å². The molecule has 0 N–H and O–H groups in total. The lowest BCUT2D eigenvalue weighted by atomic mass is 10.0. The molecule has 0 saturated carbocycles. The van der Waals surface area contributed by atoms with Crippen LogP contribution in [0, 0.1) is 125 Å². The van der Waals surface area contributed by atoms with Crippen LogP contribution in [0.25, 0.3) is 53.7 Å². The molecule has 6 aromatic heterocycles. The smallest absolute Gasteiger partial charge is 0.159 e. The lowest BCUT2D eigenvalue weighted by Crippen LogP contribution is -2.05. The average molecular weight is 1410 g/mol. The standard InChI is InChI=1S/C14H14.C12H12N2.C12H12.C10H12O.C9H9NS.C8H7NS.C8H10.2C6H8N2.C5H7N3/c1-11-3-7-13(8-4-11)14-9-5-12(2)6-10-14;1-9-3-5-11(6-4-9)12-13-7-10(2)8-14-12;1-9-3-5-12-8-10(2)4-6-11(12)7-9;1-7-3-4-10-9(5-7)6-8(2)11-10;1-6-3-4-9-8(5-6)10-7(2)11-9;1-6-9-7-4-2-3-5-8(7)10-6;1-7-3-5-8(2)6-4-7;1-5-3-7-6(2)8-4-5;1-5-3-4-6(2)8-7-5;1-4-3-6-5(2)8-7-4/h3-10H,1-2H3;3-8H,1-2H3;3-8H,1-2H3;3-5,8H,6H2,1-2H3;3-5H,1-2H3;2-5H,1H3;3-6H,1-2H3;2*3-4H,1-2H3;3H,1-2H3. The van der Waals surface area contributed by atoms with E-state index in [0.29, 0.717) is 6.10 Å². The summed E-state index contributed by atoms with van der Waals surface area (Å²) >= 11 is 3.49. The van der Waals surface area contributed by atoms with Crippen molar-refractivity contribution in [1.29, 1.82) is 0 Å². The molecule has 0 fully saturated rings. The molecule has 14 heteroatoms. The van der Waals surface area contributed by atoms with Gasteiger partial charge in [0.1, 0.15) is 23.5 Å². The largest absolute Gasteiger partial charge is 0.490 e. The van der Waals surface area contributed by atoms with E-state index in [2.05, 4.69) is 288 Å². The summed E-state index contributed by atoms with van der Waals surface area (Å²) in [5.74, 6) is 3.41. The number of para-hydroxylation sites is 1. The first-order valence-corrected chi connectivity index (χ1v) is 36.5. The zero-order valence-electron chi connectivity index (χ0n) is 63.9. The Morgan fingerprint density at radius 2 is 0.692 bits per heavy atom. The van der Waals surface area contributed by atoms with Crippen LogP contribution in [-0.2, 0) is 6.42 Å². The zero-order chi connectivity index (χ0) is 75.1. The van der Waals surface area contributed by atoms with E-state index in [0.717, 1.165) is 84.5 Å². The fraction of sp³-hybridized carbons (Fsp3) is 0.233. The van der Waals surface area contributed by atoms with Crippen LogP contribution in [0.1, 0.15) is 112 Å².